The third-order valence-electron chi connectivity index (χ3n) is 0.523. The van der Waals surface area contributed by atoms with E-state index in [0.717, 1.165) is 5.84 Å². The van der Waals surface area contributed by atoms with Crippen LogP contribution in [0.4, 0.5) is 0 Å². The van der Waals surface area contributed by atoms with Gasteiger partial charge in [-0.15, -0.1) is 10.6 Å². The van der Waals surface area contributed by atoms with Gasteiger partial charge in [-0.2, -0.15) is 0 Å². The molecule has 0 aromatic carbocycles. The number of nitrogens with zero attached hydrogens (tertiary/aromatic N) is 1. The van der Waals surface area contributed by atoms with Gasteiger partial charge in [0.25, 0.3) is 0 Å². The van der Waals surface area contributed by atoms with Crippen LogP contribution in [0.1, 0.15) is 8.35 Å². The van der Waals surface area contributed by atoms with Crippen molar-refractivity contribution >= 4 is 5.84 Å². The molecule has 0 fully saturated rings. The van der Waals surface area contributed by atoms with E-state index in [1.54, 1.807) is 0 Å². The maximum Gasteiger partial charge on any atom is 0.136 e. The molecule has 3 N–H and O–H groups in total. The van der Waals surface area contributed by atoms with Gasteiger partial charge in [0.1, 0.15) is 5.84 Å². The lowest BCUT2D eigenvalue weighted by molar-refractivity contribution is 0.577. The third kappa shape index (κ3) is 0.414. The molecule has 0 saturated carbocycles. The topological polar surface area (TPSA) is 48.5 Å². The lowest BCUT2D eigenvalue weighted by Gasteiger charge is -1.87. The van der Waals surface area contributed by atoms with E-state index in [4.69, 9.17) is 0 Å². The zero-order valence-electron chi connectivity index (χ0n) is 3.45. The largest absolute Gasteiger partial charge is 0.289 e. The van der Waals surface area contributed by atoms with Crippen molar-refractivity contribution in [3.63, 3.8) is 0 Å². The van der Waals surface area contributed by atoms with Gasteiger partial charge in [0, 0.05) is 1.43 Å². The number of nitrogens with one attached hydrogen (secondary N) is 3. The highest BCUT2D eigenvalue weighted by molar-refractivity contribution is 5.79. The number of rotatable bonds is 0. The van der Waals surface area contributed by atoms with Crippen molar-refractivity contribution in [1.82, 2.24) is 16.5 Å². The van der Waals surface area contributed by atoms with E-state index in [1.807, 2.05) is 6.92 Å². The number of hydrazone groups is 1. The Morgan fingerprint density at radius 2 is 2.67 bits per heavy atom. The van der Waals surface area contributed by atoms with Crippen molar-refractivity contribution in [1.29, 1.82) is 0 Å². The smallest absolute Gasteiger partial charge is 0.136 e. The average molecular weight is 88.1 g/mol. The summed E-state index contributed by atoms with van der Waals surface area (Å²) < 4.78 is 0. The first-order valence-electron chi connectivity index (χ1n) is 1.70. The Bertz CT molecular complexity index is 79.8. The van der Waals surface area contributed by atoms with Crippen LogP contribution in [-0.2, 0) is 0 Å². The van der Waals surface area contributed by atoms with Crippen LogP contribution in [0.25, 0.3) is 0 Å². The van der Waals surface area contributed by atoms with Gasteiger partial charge in [-0.25, -0.2) is 5.53 Å². The normalized spacial score (nSPS) is 18.5. The average Bonchev–Trinajstić information content (AvgIpc) is 1.86. The molecular weight excluding hydrogens is 80.0 g/mol. The summed E-state index contributed by atoms with van der Waals surface area (Å²) in [5.74, 6) is 0.856. The second kappa shape index (κ2) is 1.14. The highest BCUT2D eigenvalue weighted by atomic mass is 15.8. The molecule has 4 nitrogen and oxygen atoms in total. The molecule has 0 atom stereocenters. The molecule has 1 rings (SSSR count). The lowest BCUT2D eigenvalue weighted by atomic mass is 10.7. The van der Waals surface area contributed by atoms with Crippen molar-refractivity contribution < 1.29 is 1.43 Å². The van der Waals surface area contributed by atoms with E-state index < -0.39 is 0 Å². The molecule has 1 heterocycles. The second-order valence-corrected chi connectivity index (χ2v) is 1.06. The molecule has 4 heteroatoms. The highest BCUT2D eigenvalue weighted by Gasteiger charge is 1.90. The summed E-state index contributed by atoms with van der Waals surface area (Å²) in [6.07, 6.45) is 0. The first-order chi connectivity index (χ1) is 2.89. The van der Waals surface area contributed by atoms with Gasteiger partial charge in [0.15, 0.2) is 0 Å². The highest BCUT2D eigenvalue weighted by Crippen LogP contribution is 1.66. The lowest BCUT2D eigenvalue weighted by Crippen LogP contribution is -2.33. The number of amidine groups is 1. The Morgan fingerprint density at radius 1 is 1.83 bits per heavy atom. The van der Waals surface area contributed by atoms with Gasteiger partial charge < -0.3 is 0 Å². The van der Waals surface area contributed by atoms with Crippen LogP contribution in [-0.4, -0.2) is 5.84 Å². The molecule has 0 aromatic rings. The molecule has 0 aliphatic carbocycles. The van der Waals surface area contributed by atoms with Crippen LogP contribution in [0.15, 0.2) is 5.10 Å². The van der Waals surface area contributed by atoms with E-state index in [1.165, 1.54) is 0 Å². The Balaban J connectivity index is 0.000000360. The second-order valence-electron chi connectivity index (χ2n) is 1.06. The Labute approximate surface area is 37.0 Å². The van der Waals surface area contributed by atoms with Crippen molar-refractivity contribution in [3.05, 3.63) is 0 Å². The van der Waals surface area contributed by atoms with Crippen LogP contribution >= 0.6 is 0 Å². The molecule has 0 amide bonds. The molecule has 0 radical (unpaired) electrons. The minimum Gasteiger partial charge on any atom is -0.289 e. The molecule has 6 heavy (non-hydrogen) atoms. The summed E-state index contributed by atoms with van der Waals surface area (Å²) in [6.45, 7) is 1.85. The summed E-state index contributed by atoms with van der Waals surface area (Å²) >= 11 is 0. The Hall–Kier alpha value is -0.770. The maximum atomic E-state index is 3.68. The SMILES string of the molecule is CC1=NNNN1.[HH]. The zero-order chi connectivity index (χ0) is 4.41. The number of hydrogen-bond acceptors (Lipinski definition) is 4. The van der Waals surface area contributed by atoms with Crippen LogP contribution in [0.2, 0.25) is 0 Å². The van der Waals surface area contributed by atoms with E-state index >= 15 is 0 Å². The fourth-order valence-corrected chi connectivity index (χ4v) is 0.258. The fraction of sp³-hybridized carbons (Fsp3) is 0.500. The summed E-state index contributed by atoms with van der Waals surface area (Å²) in [4.78, 5) is 0. The van der Waals surface area contributed by atoms with E-state index in [-0.39, 0.29) is 1.43 Å². The summed E-state index contributed by atoms with van der Waals surface area (Å²) in [5, 5.41) is 3.68. The Morgan fingerprint density at radius 3 is 2.83 bits per heavy atom. The maximum absolute atomic E-state index is 3.68. The fourth-order valence-electron chi connectivity index (χ4n) is 0.258. The molecule has 1 aliphatic rings. The van der Waals surface area contributed by atoms with Crippen molar-refractivity contribution in [3.8, 4) is 0 Å². The molecule has 0 saturated heterocycles. The molecule has 0 spiro atoms. The van der Waals surface area contributed by atoms with Gasteiger partial charge in [0.2, 0.25) is 0 Å². The third-order valence-corrected chi connectivity index (χ3v) is 0.523. The summed E-state index contributed by atoms with van der Waals surface area (Å²) in [5.41, 5.74) is 7.78. The van der Waals surface area contributed by atoms with Crippen LogP contribution in [0, 0.1) is 0 Å². The van der Waals surface area contributed by atoms with Gasteiger partial charge in [-0.3, -0.25) is 5.43 Å². The van der Waals surface area contributed by atoms with Gasteiger partial charge in [0.05, 0.1) is 0 Å². The van der Waals surface area contributed by atoms with E-state index in [2.05, 4.69) is 21.6 Å². The quantitative estimate of drug-likeness (QED) is 0.362. The van der Waals surface area contributed by atoms with E-state index in [0.29, 0.717) is 0 Å². The monoisotopic (exact) mass is 88.1 g/mol. The minimum atomic E-state index is 0. The zero-order valence-corrected chi connectivity index (χ0v) is 3.45. The van der Waals surface area contributed by atoms with Crippen LogP contribution in [0.5, 0.6) is 0 Å². The molecule has 0 unspecified atom stereocenters. The van der Waals surface area contributed by atoms with Crippen molar-refractivity contribution in [2.45, 2.75) is 6.92 Å². The van der Waals surface area contributed by atoms with Gasteiger partial charge in [-0.05, 0) is 6.92 Å². The molecule has 36 valence electrons. The van der Waals surface area contributed by atoms with Crippen molar-refractivity contribution in [2.24, 2.45) is 5.10 Å². The molecule has 0 bridgehead atoms. The first kappa shape index (κ1) is 3.42. The summed E-state index contributed by atoms with van der Waals surface area (Å²) in [6, 6.07) is 0. The van der Waals surface area contributed by atoms with Crippen LogP contribution in [0.3, 0.4) is 0 Å². The van der Waals surface area contributed by atoms with Gasteiger partial charge in [-0.1, -0.05) is 0 Å². The van der Waals surface area contributed by atoms with Gasteiger partial charge >= 0.3 is 0 Å². The predicted octanol–water partition coefficient (Wildman–Crippen LogP) is -0.822. The van der Waals surface area contributed by atoms with Crippen LogP contribution < -0.4 is 16.5 Å². The minimum absolute atomic E-state index is 0. The standard InChI is InChI=1S/C2H6N4.H2/c1-2-3-5-6-4-2;/h5-6H,1H3,(H,3,4);1H. The first-order valence-corrected chi connectivity index (χ1v) is 1.70. The predicted molar refractivity (Wildman–Crippen MR) is 24.6 cm³/mol. The number of hydrazine groups is 2. The Kier molecular flexibility index (Phi) is 0.648. The van der Waals surface area contributed by atoms with Crippen molar-refractivity contribution in [2.75, 3.05) is 0 Å². The summed E-state index contributed by atoms with van der Waals surface area (Å²) in [7, 11) is 0. The van der Waals surface area contributed by atoms with E-state index in [9.17, 15) is 0 Å². The number of hydrogen-bond donors (Lipinski definition) is 3. The molecule has 0 aromatic heterocycles. The molecule has 1 aliphatic heterocycles. The molecular formula is C2H8N4.